The van der Waals surface area contributed by atoms with Crippen molar-refractivity contribution in [1.82, 2.24) is 4.72 Å². The number of sulfonamides is 1. The lowest BCUT2D eigenvalue weighted by atomic mass is 10.1. The molecule has 2 aromatic rings. The zero-order valence-corrected chi connectivity index (χ0v) is 13.9. The van der Waals surface area contributed by atoms with Crippen LogP contribution in [0.15, 0.2) is 53.4 Å². The van der Waals surface area contributed by atoms with E-state index < -0.39 is 16.1 Å². The van der Waals surface area contributed by atoms with E-state index in [4.69, 9.17) is 11.6 Å². The largest absolute Gasteiger partial charge is 0.508 e. The topological polar surface area (TPSA) is 86.6 Å². The highest BCUT2D eigenvalue weighted by molar-refractivity contribution is 7.89. The van der Waals surface area contributed by atoms with Crippen LogP contribution in [0.3, 0.4) is 0 Å². The first-order valence-corrected chi connectivity index (χ1v) is 9.06. The van der Waals surface area contributed by atoms with Gasteiger partial charge in [-0.15, -0.1) is 11.6 Å². The molecule has 1 atom stereocenters. The maximum absolute atomic E-state index is 12.2. The molecule has 0 saturated carbocycles. The van der Waals surface area contributed by atoms with E-state index >= 15 is 0 Å². The van der Waals surface area contributed by atoms with Gasteiger partial charge in [0.2, 0.25) is 10.0 Å². The summed E-state index contributed by atoms with van der Waals surface area (Å²) < 4.78 is 26.8. The fourth-order valence-electron chi connectivity index (χ4n) is 2.07. The van der Waals surface area contributed by atoms with E-state index in [1.807, 2.05) is 0 Å². The minimum absolute atomic E-state index is 0.0132. The van der Waals surface area contributed by atoms with Crippen molar-refractivity contribution in [3.8, 4) is 5.75 Å². The van der Waals surface area contributed by atoms with Crippen molar-refractivity contribution in [3.05, 3.63) is 59.7 Å². The average molecular weight is 356 g/mol. The molecule has 0 aromatic heterocycles. The summed E-state index contributed by atoms with van der Waals surface area (Å²) in [5, 5.41) is 19.4. The van der Waals surface area contributed by atoms with Gasteiger partial charge in [0.05, 0.1) is 11.0 Å². The number of phenols is 1. The quantitative estimate of drug-likeness (QED) is 0.664. The van der Waals surface area contributed by atoms with Gasteiger partial charge in [-0.05, 0) is 41.8 Å². The molecule has 0 aliphatic heterocycles. The van der Waals surface area contributed by atoms with Gasteiger partial charge in [-0.25, -0.2) is 13.1 Å². The summed E-state index contributed by atoms with van der Waals surface area (Å²) in [5.74, 6) is 0.486. The molecular weight excluding hydrogens is 338 g/mol. The molecule has 0 fully saturated rings. The number of hydrogen-bond donors (Lipinski definition) is 3. The van der Waals surface area contributed by atoms with Crippen LogP contribution in [0.2, 0.25) is 0 Å². The molecule has 0 heterocycles. The summed E-state index contributed by atoms with van der Waals surface area (Å²) in [6.45, 7) is -0.185. The Morgan fingerprint density at radius 1 is 1.13 bits per heavy atom. The van der Waals surface area contributed by atoms with E-state index in [0.29, 0.717) is 17.9 Å². The monoisotopic (exact) mass is 355 g/mol. The zero-order chi connectivity index (χ0) is 16.9. The molecule has 1 unspecified atom stereocenters. The van der Waals surface area contributed by atoms with E-state index in [1.165, 1.54) is 24.3 Å². The molecule has 0 amide bonds. The van der Waals surface area contributed by atoms with Gasteiger partial charge in [-0.2, -0.15) is 0 Å². The normalized spacial score (nSPS) is 13.0. The Labute approximate surface area is 140 Å². The maximum Gasteiger partial charge on any atom is 0.240 e. The standard InChI is InChI=1S/C16H18ClNO4S/c17-9-8-12-4-6-15(7-5-12)23(21,22)18-11-16(20)13-2-1-3-14(19)10-13/h1-7,10,16,18-20H,8-9,11H2. The fraction of sp³-hybridized carbons (Fsp3) is 0.250. The number of benzene rings is 2. The number of hydrogen-bond acceptors (Lipinski definition) is 4. The Hall–Kier alpha value is -1.60. The highest BCUT2D eigenvalue weighted by Gasteiger charge is 2.17. The Balaban J connectivity index is 2.03. The molecule has 23 heavy (non-hydrogen) atoms. The van der Waals surface area contributed by atoms with Crippen LogP contribution >= 0.6 is 11.6 Å². The predicted molar refractivity (Wildman–Crippen MR) is 89.1 cm³/mol. The molecule has 0 aliphatic rings. The van der Waals surface area contributed by atoms with Crippen molar-refractivity contribution in [2.45, 2.75) is 17.4 Å². The van der Waals surface area contributed by atoms with E-state index in [2.05, 4.69) is 4.72 Å². The molecule has 7 heteroatoms. The molecule has 2 aromatic carbocycles. The van der Waals surface area contributed by atoms with Crippen LogP contribution in [0, 0.1) is 0 Å². The number of alkyl halides is 1. The first-order valence-electron chi connectivity index (χ1n) is 7.04. The SMILES string of the molecule is O=S(=O)(NCC(O)c1cccc(O)c1)c1ccc(CCCl)cc1. The molecule has 3 N–H and O–H groups in total. The maximum atomic E-state index is 12.2. The second-order valence-corrected chi connectivity index (χ2v) is 7.19. The first-order chi connectivity index (χ1) is 10.9. The van der Waals surface area contributed by atoms with Crippen LogP contribution in [0.4, 0.5) is 0 Å². The summed E-state index contributed by atoms with van der Waals surface area (Å²) >= 11 is 5.64. The number of aliphatic hydroxyl groups is 1. The third-order valence-corrected chi connectivity index (χ3v) is 4.97. The summed E-state index contributed by atoms with van der Waals surface area (Å²) in [6.07, 6.45) is -0.377. The molecular formula is C16H18ClNO4S. The van der Waals surface area contributed by atoms with Crippen molar-refractivity contribution in [2.24, 2.45) is 0 Å². The smallest absolute Gasteiger partial charge is 0.240 e. The van der Waals surface area contributed by atoms with Crippen molar-refractivity contribution in [3.63, 3.8) is 0 Å². The lowest BCUT2D eigenvalue weighted by Gasteiger charge is -2.13. The molecule has 5 nitrogen and oxygen atoms in total. The van der Waals surface area contributed by atoms with Crippen LogP contribution in [0.25, 0.3) is 0 Å². The van der Waals surface area contributed by atoms with Crippen molar-refractivity contribution in [1.29, 1.82) is 0 Å². The number of halogens is 1. The number of nitrogens with one attached hydrogen (secondary N) is 1. The van der Waals surface area contributed by atoms with Gasteiger partial charge in [0, 0.05) is 12.4 Å². The van der Waals surface area contributed by atoms with Crippen LogP contribution in [0.1, 0.15) is 17.2 Å². The van der Waals surface area contributed by atoms with E-state index in [-0.39, 0.29) is 17.2 Å². The molecule has 2 rings (SSSR count). The average Bonchev–Trinajstić information content (AvgIpc) is 2.53. The Morgan fingerprint density at radius 3 is 2.43 bits per heavy atom. The second-order valence-electron chi connectivity index (χ2n) is 5.05. The van der Waals surface area contributed by atoms with Crippen LogP contribution in [-0.2, 0) is 16.4 Å². The number of phenolic OH excluding ortho intramolecular Hbond substituents is 1. The minimum Gasteiger partial charge on any atom is -0.508 e. The van der Waals surface area contributed by atoms with E-state index in [0.717, 1.165) is 5.56 Å². The van der Waals surface area contributed by atoms with Crippen molar-refractivity contribution < 1.29 is 18.6 Å². The van der Waals surface area contributed by atoms with Crippen LogP contribution in [-0.4, -0.2) is 31.1 Å². The summed E-state index contributed by atoms with van der Waals surface area (Å²) in [4.78, 5) is 0.124. The summed E-state index contributed by atoms with van der Waals surface area (Å²) in [7, 11) is -3.71. The molecule has 0 spiro atoms. The number of aliphatic hydroxyl groups excluding tert-OH is 1. The molecule has 0 saturated heterocycles. The van der Waals surface area contributed by atoms with Gasteiger partial charge in [-0.3, -0.25) is 0 Å². The van der Waals surface area contributed by atoms with Gasteiger partial charge in [0.25, 0.3) is 0 Å². The van der Waals surface area contributed by atoms with E-state index in [1.54, 1.807) is 24.3 Å². The van der Waals surface area contributed by atoms with Crippen LogP contribution < -0.4 is 4.72 Å². The van der Waals surface area contributed by atoms with Gasteiger partial charge >= 0.3 is 0 Å². The number of rotatable bonds is 7. The number of aryl methyl sites for hydroxylation is 1. The Morgan fingerprint density at radius 2 is 1.83 bits per heavy atom. The van der Waals surface area contributed by atoms with Gasteiger partial charge < -0.3 is 10.2 Å². The van der Waals surface area contributed by atoms with Crippen molar-refractivity contribution in [2.75, 3.05) is 12.4 Å². The highest BCUT2D eigenvalue weighted by Crippen LogP contribution is 2.18. The highest BCUT2D eigenvalue weighted by atomic mass is 35.5. The second kappa shape index (κ2) is 7.79. The van der Waals surface area contributed by atoms with Gasteiger partial charge in [0.15, 0.2) is 0 Å². The fourth-order valence-corrected chi connectivity index (χ4v) is 3.32. The Bertz CT molecular complexity index is 747. The summed E-state index contributed by atoms with van der Waals surface area (Å²) in [6, 6.07) is 12.5. The Kier molecular flexibility index (Phi) is 6.01. The molecule has 0 radical (unpaired) electrons. The predicted octanol–water partition coefficient (Wildman–Crippen LogP) is 2.19. The summed E-state index contributed by atoms with van der Waals surface area (Å²) in [5.41, 5.74) is 1.39. The van der Waals surface area contributed by atoms with Crippen LogP contribution in [0.5, 0.6) is 5.75 Å². The minimum atomic E-state index is -3.71. The lowest BCUT2D eigenvalue weighted by molar-refractivity contribution is 0.181. The lowest BCUT2D eigenvalue weighted by Crippen LogP contribution is -2.28. The van der Waals surface area contributed by atoms with E-state index in [9.17, 15) is 18.6 Å². The molecule has 0 aliphatic carbocycles. The third kappa shape index (κ3) is 4.94. The zero-order valence-electron chi connectivity index (χ0n) is 12.3. The van der Waals surface area contributed by atoms with Gasteiger partial charge in [-0.1, -0.05) is 24.3 Å². The number of aromatic hydroxyl groups is 1. The van der Waals surface area contributed by atoms with Gasteiger partial charge in [0.1, 0.15) is 5.75 Å². The molecule has 0 bridgehead atoms. The van der Waals surface area contributed by atoms with Crippen molar-refractivity contribution >= 4 is 21.6 Å². The first kappa shape index (κ1) is 17.7. The third-order valence-electron chi connectivity index (χ3n) is 3.34. The molecule has 124 valence electrons.